The van der Waals surface area contributed by atoms with Crippen LogP contribution in [-0.4, -0.2) is 69.7 Å². The molecule has 1 saturated heterocycles. The van der Waals surface area contributed by atoms with Crippen molar-refractivity contribution in [1.82, 2.24) is 25.1 Å². The van der Waals surface area contributed by atoms with Crippen LogP contribution >= 0.6 is 0 Å². The summed E-state index contributed by atoms with van der Waals surface area (Å²) in [7, 11) is 1.64. The van der Waals surface area contributed by atoms with Gasteiger partial charge in [-0.05, 0) is 68.1 Å². The highest BCUT2D eigenvalue weighted by Crippen LogP contribution is 2.33. The molecule has 0 aliphatic carbocycles. The van der Waals surface area contributed by atoms with Gasteiger partial charge in [0.2, 0.25) is 5.91 Å². The Kier molecular flexibility index (Phi) is 8.50. The Balaban J connectivity index is 1.26. The fourth-order valence-corrected chi connectivity index (χ4v) is 4.75. The summed E-state index contributed by atoms with van der Waals surface area (Å²) in [5.41, 5.74) is 2.09. The van der Waals surface area contributed by atoms with Crippen molar-refractivity contribution in [1.29, 1.82) is 0 Å². The molecule has 3 aromatic heterocycles. The minimum absolute atomic E-state index is 0.0559. The van der Waals surface area contributed by atoms with Crippen LogP contribution < -0.4 is 15.4 Å². The van der Waals surface area contributed by atoms with Crippen LogP contribution in [0, 0.1) is 6.92 Å². The molecule has 0 bridgehead atoms. The number of aromatic nitrogens is 4. The Morgan fingerprint density at radius 3 is 2.75 bits per heavy atom. The number of pyridine rings is 2. The number of nitrogens with zero attached hydrogens (tertiary/aromatic N) is 4. The van der Waals surface area contributed by atoms with Gasteiger partial charge in [0, 0.05) is 63.3 Å². The summed E-state index contributed by atoms with van der Waals surface area (Å²) in [6.07, 6.45) is 6.35. The van der Waals surface area contributed by atoms with Gasteiger partial charge >= 0.3 is 0 Å². The summed E-state index contributed by atoms with van der Waals surface area (Å²) in [6.45, 7) is 3.89. The fourth-order valence-electron chi connectivity index (χ4n) is 4.75. The third kappa shape index (κ3) is 6.55. The smallest absolute Gasteiger partial charge is 0.256 e. The van der Waals surface area contributed by atoms with Gasteiger partial charge in [-0.1, -0.05) is 0 Å². The number of hydrogen-bond donors (Lipinski definition) is 3. The van der Waals surface area contributed by atoms with Crippen LogP contribution in [0.2, 0.25) is 0 Å². The number of aromatic amines is 1. The minimum atomic E-state index is -0.254. The number of amides is 2. The lowest BCUT2D eigenvalue weighted by Gasteiger charge is -2.33. The van der Waals surface area contributed by atoms with Crippen LogP contribution in [0.15, 0.2) is 54.9 Å². The van der Waals surface area contributed by atoms with Crippen LogP contribution in [0.3, 0.4) is 0 Å². The number of rotatable bonds is 10. The number of carbonyl (C=O) groups is 2. The van der Waals surface area contributed by atoms with Crippen molar-refractivity contribution in [2.45, 2.75) is 38.6 Å². The summed E-state index contributed by atoms with van der Waals surface area (Å²) in [6, 6.07) is 12.4. The summed E-state index contributed by atoms with van der Waals surface area (Å²) in [4.78, 5) is 35.8. The quantitative estimate of drug-likeness (QED) is 0.248. The van der Waals surface area contributed by atoms with Crippen molar-refractivity contribution in [3.05, 3.63) is 66.0 Å². The van der Waals surface area contributed by atoms with Crippen molar-refractivity contribution >= 4 is 34.5 Å². The molecule has 4 aromatic rings. The van der Waals surface area contributed by atoms with E-state index < -0.39 is 0 Å². The molecule has 11 heteroatoms. The molecule has 1 aliphatic heterocycles. The van der Waals surface area contributed by atoms with Crippen LogP contribution in [0.4, 0.5) is 11.6 Å². The van der Waals surface area contributed by atoms with Crippen LogP contribution in [0.1, 0.15) is 41.6 Å². The first-order valence-electron chi connectivity index (χ1n) is 13.4. The summed E-state index contributed by atoms with van der Waals surface area (Å²) < 4.78 is 11.3. The molecular weight excluding hydrogens is 510 g/mol. The Morgan fingerprint density at radius 1 is 1.12 bits per heavy atom. The molecule has 11 nitrogen and oxygen atoms in total. The van der Waals surface area contributed by atoms with Crippen LogP contribution in [0.5, 0.6) is 11.5 Å². The molecule has 3 N–H and O–H groups in total. The fraction of sp³-hybridized carbons (Fsp3) is 0.345. The zero-order valence-electron chi connectivity index (χ0n) is 22.6. The molecule has 0 saturated carbocycles. The van der Waals surface area contributed by atoms with Crippen molar-refractivity contribution in [2.75, 3.05) is 37.4 Å². The first-order chi connectivity index (χ1) is 19.5. The van der Waals surface area contributed by atoms with Gasteiger partial charge in [0.25, 0.3) is 5.91 Å². The van der Waals surface area contributed by atoms with Crippen LogP contribution in [-0.2, 0) is 9.53 Å². The normalized spacial score (nSPS) is 15.2. The second kappa shape index (κ2) is 12.6. The molecule has 208 valence electrons. The Hall–Kier alpha value is -4.51. The van der Waals surface area contributed by atoms with E-state index in [1.165, 1.54) is 0 Å². The highest BCUT2D eigenvalue weighted by molar-refractivity contribution is 6.03. The highest BCUT2D eigenvalue weighted by Gasteiger charge is 2.25. The number of ether oxygens (including phenoxy) is 2. The van der Waals surface area contributed by atoms with E-state index in [1.807, 2.05) is 24.0 Å². The van der Waals surface area contributed by atoms with Gasteiger partial charge in [0.1, 0.15) is 22.7 Å². The molecule has 4 heterocycles. The maximum atomic E-state index is 12.6. The number of benzene rings is 1. The standard InChI is InChI=1S/C29H33N7O4/c1-19-11-13-30-24(17-19)33-29(38)20-7-9-22(10-8-20)40-23-12-14-31-27-26(23)28(35-34-27)32-21-5-3-15-36(18-21)25(37)6-4-16-39-2/h7-14,17,21H,3-6,15-16,18H2,1-2H3,(H,30,33,38)(H2,31,32,34,35)/t21-/m1/s1. The summed E-state index contributed by atoms with van der Waals surface area (Å²) >= 11 is 0. The first kappa shape index (κ1) is 27.1. The van der Waals surface area contributed by atoms with Crippen LogP contribution in [0.25, 0.3) is 11.0 Å². The average Bonchev–Trinajstić information content (AvgIpc) is 3.37. The van der Waals surface area contributed by atoms with E-state index in [0.717, 1.165) is 36.8 Å². The molecule has 1 aliphatic rings. The number of nitrogens with one attached hydrogen (secondary N) is 3. The van der Waals surface area contributed by atoms with Crippen molar-refractivity contribution in [2.24, 2.45) is 0 Å². The van der Waals surface area contributed by atoms with E-state index in [1.54, 1.807) is 49.8 Å². The predicted octanol–water partition coefficient (Wildman–Crippen LogP) is 4.54. The highest BCUT2D eigenvalue weighted by atomic mass is 16.5. The Labute approximate surface area is 232 Å². The molecule has 2 amide bonds. The lowest BCUT2D eigenvalue weighted by atomic mass is 10.0. The third-order valence-corrected chi connectivity index (χ3v) is 6.78. The zero-order valence-corrected chi connectivity index (χ0v) is 22.6. The lowest BCUT2D eigenvalue weighted by Crippen LogP contribution is -2.45. The van der Waals surface area contributed by atoms with Gasteiger partial charge in [-0.15, -0.1) is 0 Å². The number of H-pyrrole nitrogens is 1. The number of piperidine rings is 1. The molecule has 1 atom stereocenters. The van der Waals surface area contributed by atoms with E-state index in [2.05, 4.69) is 30.8 Å². The minimum Gasteiger partial charge on any atom is -0.456 e. The molecule has 40 heavy (non-hydrogen) atoms. The second-order valence-electron chi connectivity index (χ2n) is 9.82. The third-order valence-electron chi connectivity index (χ3n) is 6.78. The topological polar surface area (TPSA) is 134 Å². The van der Waals surface area contributed by atoms with E-state index in [4.69, 9.17) is 9.47 Å². The summed E-state index contributed by atoms with van der Waals surface area (Å²) in [5, 5.41) is 14.4. The molecular formula is C29H33N7O4. The Bertz CT molecular complexity index is 1470. The second-order valence-corrected chi connectivity index (χ2v) is 9.82. The number of aryl methyl sites for hydroxylation is 1. The predicted molar refractivity (Wildman–Crippen MR) is 152 cm³/mol. The average molecular weight is 544 g/mol. The first-order valence-corrected chi connectivity index (χ1v) is 13.4. The van der Waals surface area contributed by atoms with Gasteiger partial charge < -0.3 is 25.0 Å². The van der Waals surface area contributed by atoms with Crippen molar-refractivity contribution in [3.63, 3.8) is 0 Å². The molecule has 5 rings (SSSR count). The molecule has 0 radical (unpaired) electrons. The molecule has 0 spiro atoms. The number of carbonyl (C=O) groups excluding carboxylic acids is 2. The van der Waals surface area contributed by atoms with Gasteiger partial charge in [0.05, 0.1) is 0 Å². The SMILES string of the molecule is COCCCC(=O)N1CCC[C@@H](Nc2n[nH]c3nccc(Oc4ccc(C(=O)Nc5cc(C)ccn5)cc4)c23)C1. The van der Waals surface area contributed by atoms with Crippen molar-refractivity contribution < 1.29 is 19.1 Å². The van der Waals surface area contributed by atoms with E-state index in [9.17, 15) is 9.59 Å². The van der Waals surface area contributed by atoms with E-state index in [0.29, 0.717) is 53.9 Å². The monoisotopic (exact) mass is 543 g/mol. The maximum absolute atomic E-state index is 12.6. The molecule has 0 unspecified atom stereocenters. The summed E-state index contributed by atoms with van der Waals surface area (Å²) in [5.74, 6) is 2.16. The zero-order chi connectivity index (χ0) is 27.9. The molecule has 1 aromatic carbocycles. The number of methoxy groups -OCH3 is 1. The number of likely N-dealkylation sites (tertiary alicyclic amines) is 1. The van der Waals surface area contributed by atoms with E-state index in [-0.39, 0.29) is 17.9 Å². The van der Waals surface area contributed by atoms with E-state index >= 15 is 0 Å². The van der Waals surface area contributed by atoms with Gasteiger partial charge in [0.15, 0.2) is 11.5 Å². The maximum Gasteiger partial charge on any atom is 0.256 e. The lowest BCUT2D eigenvalue weighted by molar-refractivity contribution is -0.132. The van der Waals surface area contributed by atoms with Crippen molar-refractivity contribution in [3.8, 4) is 11.5 Å². The van der Waals surface area contributed by atoms with Gasteiger partial charge in [-0.3, -0.25) is 14.7 Å². The number of hydrogen-bond acceptors (Lipinski definition) is 8. The van der Waals surface area contributed by atoms with Gasteiger partial charge in [-0.2, -0.15) is 5.10 Å². The number of anilines is 2. The van der Waals surface area contributed by atoms with Gasteiger partial charge in [-0.25, -0.2) is 9.97 Å². The molecule has 1 fully saturated rings. The Morgan fingerprint density at radius 2 is 1.95 bits per heavy atom. The number of fused-ring (bicyclic) bond motifs is 1. The largest absolute Gasteiger partial charge is 0.456 e.